The van der Waals surface area contributed by atoms with Crippen LogP contribution < -0.4 is 19.6 Å². The number of hydrogen-bond acceptors (Lipinski definition) is 5. The SMILES string of the molecule is COc1ccc(C/C(C)=N\NC(=O)COc2ccccc2Cl)cc1OC. The Kier molecular flexibility index (Phi) is 7.29. The first-order valence-electron chi connectivity index (χ1n) is 7.93. The number of carbonyl (C=O) groups excluding carboxylic acids is 1. The molecule has 26 heavy (non-hydrogen) atoms. The standard InChI is InChI=1S/C19H21ClN2O4/c1-13(10-14-8-9-17(24-2)18(11-14)25-3)21-22-19(23)12-26-16-7-5-4-6-15(16)20/h4-9,11H,10,12H2,1-3H3,(H,22,23)/b21-13-. The predicted octanol–water partition coefficient (Wildman–Crippen LogP) is 3.47. The van der Waals surface area contributed by atoms with Gasteiger partial charge in [-0.3, -0.25) is 4.79 Å². The van der Waals surface area contributed by atoms with Crippen LogP contribution in [0.5, 0.6) is 17.2 Å². The van der Waals surface area contributed by atoms with E-state index in [1.807, 2.05) is 25.1 Å². The lowest BCUT2D eigenvalue weighted by atomic mass is 10.1. The summed E-state index contributed by atoms with van der Waals surface area (Å²) in [7, 11) is 3.17. The first kappa shape index (κ1) is 19.6. The number of rotatable bonds is 8. The van der Waals surface area contributed by atoms with Crippen LogP contribution in [-0.4, -0.2) is 32.4 Å². The van der Waals surface area contributed by atoms with Gasteiger partial charge in [0.1, 0.15) is 5.75 Å². The fourth-order valence-electron chi connectivity index (χ4n) is 2.22. The summed E-state index contributed by atoms with van der Waals surface area (Å²) < 4.78 is 15.9. The second kappa shape index (κ2) is 9.68. The number of nitrogens with one attached hydrogen (secondary N) is 1. The van der Waals surface area contributed by atoms with Crippen molar-refractivity contribution in [3.8, 4) is 17.2 Å². The summed E-state index contributed by atoms with van der Waals surface area (Å²) in [6.45, 7) is 1.66. The van der Waals surface area contributed by atoms with Gasteiger partial charge in [-0.15, -0.1) is 0 Å². The van der Waals surface area contributed by atoms with Crippen LogP contribution >= 0.6 is 11.6 Å². The Labute approximate surface area is 157 Å². The van der Waals surface area contributed by atoms with Crippen LogP contribution in [0.4, 0.5) is 0 Å². The smallest absolute Gasteiger partial charge is 0.277 e. The van der Waals surface area contributed by atoms with E-state index in [0.29, 0.717) is 28.7 Å². The summed E-state index contributed by atoms with van der Waals surface area (Å²) in [5, 5.41) is 4.54. The van der Waals surface area contributed by atoms with Crippen LogP contribution in [0.1, 0.15) is 12.5 Å². The highest BCUT2D eigenvalue weighted by atomic mass is 35.5. The van der Waals surface area contributed by atoms with E-state index in [0.717, 1.165) is 11.3 Å². The fraction of sp³-hybridized carbons (Fsp3) is 0.263. The van der Waals surface area contributed by atoms with Gasteiger partial charge in [0, 0.05) is 12.1 Å². The van der Waals surface area contributed by atoms with Crippen molar-refractivity contribution in [2.24, 2.45) is 5.10 Å². The van der Waals surface area contributed by atoms with Crippen LogP contribution in [0, 0.1) is 0 Å². The highest BCUT2D eigenvalue weighted by Crippen LogP contribution is 2.27. The van der Waals surface area contributed by atoms with E-state index >= 15 is 0 Å². The number of methoxy groups -OCH3 is 2. The number of hydrazone groups is 1. The number of halogens is 1. The Balaban J connectivity index is 1.87. The molecule has 0 spiro atoms. The van der Waals surface area contributed by atoms with E-state index < -0.39 is 0 Å². The van der Waals surface area contributed by atoms with Crippen LogP contribution in [0.2, 0.25) is 5.02 Å². The van der Waals surface area contributed by atoms with Gasteiger partial charge < -0.3 is 14.2 Å². The highest BCUT2D eigenvalue weighted by Gasteiger charge is 2.07. The van der Waals surface area contributed by atoms with E-state index in [4.69, 9.17) is 25.8 Å². The second-order valence-corrected chi connectivity index (χ2v) is 5.87. The van der Waals surface area contributed by atoms with E-state index in [1.165, 1.54) is 0 Å². The molecule has 2 rings (SSSR count). The second-order valence-electron chi connectivity index (χ2n) is 5.47. The number of carbonyl (C=O) groups is 1. The minimum Gasteiger partial charge on any atom is -0.493 e. The van der Waals surface area contributed by atoms with Crippen LogP contribution in [-0.2, 0) is 11.2 Å². The molecule has 2 aromatic carbocycles. The maximum Gasteiger partial charge on any atom is 0.277 e. The molecule has 0 unspecified atom stereocenters. The van der Waals surface area contributed by atoms with Crippen LogP contribution in [0.15, 0.2) is 47.6 Å². The van der Waals surface area contributed by atoms with Crippen molar-refractivity contribution in [1.82, 2.24) is 5.43 Å². The molecule has 0 saturated heterocycles. The van der Waals surface area contributed by atoms with Crippen molar-refractivity contribution < 1.29 is 19.0 Å². The fourth-order valence-corrected chi connectivity index (χ4v) is 2.41. The van der Waals surface area contributed by atoms with Crippen molar-refractivity contribution in [3.05, 3.63) is 53.1 Å². The molecule has 1 amide bonds. The van der Waals surface area contributed by atoms with Crippen molar-refractivity contribution in [2.45, 2.75) is 13.3 Å². The molecule has 0 aliphatic carbocycles. The van der Waals surface area contributed by atoms with Gasteiger partial charge in [0.05, 0.1) is 19.2 Å². The molecule has 138 valence electrons. The average molecular weight is 377 g/mol. The first-order chi connectivity index (χ1) is 12.5. The summed E-state index contributed by atoms with van der Waals surface area (Å²) >= 11 is 5.97. The van der Waals surface area contributed by atoms with Crippen LogP contribution in [0.25, 0.3) is 0 Å². The van der Waals surface area contributed by atoms with E-state index in [-0.39, 0.29) is 12.5 Å². The zero-order valence-corrected chi connectivity index (χ0v) is 15.7. The monoisotopic (exact) mass is 376 g/mol. The largest absolute Gasteiger partial charge is 0.493 e. The summed E-state index contributed by atoms with van der Waals surface area (Å²) in [4.78, 5) is 11.8. The van der Waals surface area contributed by atoms with Gasteiger partial charge in [-0.05, 0) is 36.8 Å². The summed E-state index contributed by atoms with van der Waals surface area (Å²) in [5.41, 5.74) is 4.20. The average Bonchev–Trinajstić information content (AvgIpc) is 2.65. The zero-order valence-electron chi connectivity index (χ0n) is 14.9. The van der Waals surface area contributed by atoms with Gasteiger partial charge in [0.25, 0.3) is 5.91 Å². The van der Waals surface area contributed by atoms with Gasteiger partial charge >= 0.3 is 0 Å². The molecular weight excluding hydrogens is 356 g/mol. The normalized spacial score (nSPS) is 11.0. The molecule has 0 radical (unpaired) electrons. The molecule has 0 heterocycles. The maximum absolute atomic E-state index is 11.8. The third kappa shape index (κ3) is 5.67. The van der Waals surface area contributed by atoms with Crippen molar-refractivity contribution in [1.29, 1.82) is 0 Å². The van der Waals surface area contributed by atoms with Gasteiger partial charge in [0.2, 0.25) is 0 Å². The maximum atomic E-state index is 11.8. The molecular formula is C19H21ClN2O4. The van der Waals surface area contributed by atoms with E-state index in [9.17, 15) is 4.79 Å². The summed E-state index contributed by atoms with van der Waals surface area (Å²) in [6, 6.07) is 12.6. The number of amides is 1. The van der Waals surface area contributed by atoms with Crippen molar-refractivity contribution in [3.63, 3.8) is 0 Å². The Bertz CT molecular complexity index is 793. The Morgan fingerprint density at radius 3 is 2.50 bits per heavy atom. The minimum absolute atomic E-state index is 0.170. The minimum atomic E-state index is -0.364. The number of ether oxygens (including phenoxy) is 3. The van der Waals surface area contributed by atoms with Gasteiger partial charge in [-0.25, -0.2) is 5.43 Å². The van der Waals surface area contributed by atoms with E-state index in [2.05, 4.69) is 10.5 Å². The summed E-state index contributed by atoms with van der Waals surface area (Å²) in [6.07, 6.45) is 0.562. The molecule has 0 aliphatic heterocycles. The van der Waals surface area contributed by atoms with Gasteiger partial charge in [-0.1, -0.05) is 29.8 Å². The molecule has 6 nitrogen and oxygen atoms in total. The number of hydrogen-bond donors (Lipinski definition) is 1. The lowest BCUT2D eigenvalue weighted by Gasteiger charge is -2.10. The number of benzene rings is 2. The topological polar surface area (TPSA) is 69.2 Å². The molecule has 0 saturated carbocycles. The van der Waals surface area contributed by atoms with Gasteiger partial charge in [-0.2, -0.15) is 5.10 Å². The van der Waals surface area contributed by atoms with E-state index in [1.54, 1.807) is 38.5 Å². The third-order valence-electron chi connectivity index (χ3n) is 3.47. The number of para-hydroxylation sites is 1. The molecule has 1 N–H and O–H groups in total. The molecule has 0 aromatic heterocycles. The zero-order chi connectivity index (χ0) is 18.9. The lowest BCUT2D eigenvalue weighted by molar-refractivity contribution is -0.123. The van der Waals surface area contributed by atoms with Crippen molar-refractivity contribution >= 4 is 23.2 Å². The van der Waals surface area contributed by atoms with Gasteiger partial charge in [0.15, 0.2) is 18.1 Å². The Morgan fingerprint density at radius 2 is 1.81 bits per heavy atom. The predicted molar refractivity (Wildman–Crippen MR) is 101 cm³/mol. The number of nitrogens with zero attached hydrogens (tertiary/aromatic N) is 1. The Hall–Kier alpha value is -2.73. The highest BCUT2D eigenvalue weighted by molar-refractivity contribution is 6.32. The molecule has 0 aliphatic rings. The quantitative estimate of drug-likeness (QED) is 0.565. The first-order valence-corrected chi connectivity index (χ1v) is 8.31. The molecule has 0 fully saturated rings. The Morgan fingerprint density at radius 1 is 1.08 bits per heavy atom. The third-order valence-corrected chi connectivity index (χ3v) is 3.79. The van der Waals surface area contributed by atoms with Crippen LogP contribution in [0.3, 0.4) is 0 Å². The molecule has 0 bridgehead atoms. The lowest BCUT2D eigenvalue weighted by Crippen LogP contribution is -2.25. The van der Waals surface area contributed by atoms with Crippen molar-refractivity contribution in [2.75, 3.05) is 20.8 Å². The molecule has 0 atom stereocenters. The summed E-state index contributed by atoms with van der Waals surface area (Å²) in [5.74, 6) is 1.40. The molecule has 7 heteroatoms. The molecule has 2 aromatic rings.